The van der Waals surface area contributed by atoms with E-state index in [1.165, 1.54) is 5.56 Å². The lowest BCUT2D eigenvalue weighted by Crippen LogP contribution is -2.34. The lowest BCUT2D eigenvalue weighted by molar-refractivity contribution is -0.128. The van der Waals surface area contributed by atoms with E-state index >= 15 is 0 Å². The standard InChI is InChI=1S/C18H26N2O3/c1-4-18(2,3)13-7-5-12(6-8-13)17(22)20-11-14-9-10-15(23-14)16(19)21/h5-8,14-15H,4,9-11H2,1-3H3,(H2,19,21)(H,20,22)/t14-,15+/m0/s1. The molecule has 5 nitrogen and oxygen atoms in total. The number of carbonyl (C=O) groups is 2. The van der Waals surface area contributed by atoms with Gasteiger partial charge in [0.2, 0.25) is 5.91 Å². The van der Waals surface area contributed by atoms with E-state index in [4.69, 9.17) is 10.5 Å². The molecule has 126 valence electrons. The second-order valence-electron chi connectivity index (χ2n) is 6.75. The molecule has 2 rings (SSSR count). The molecule has 0 saturated carbocycles. The fourth-order valence-electron chi connectivity index (χ4n) is 2.65. The summed E-state index contributed by atoms with van der Waals surface area (Å²) in [6, 6.07) is 7.72. The molecule has 23 heavy (non-hydrogen) atoms. The number of amides is 2. The van der Waals surface area contributed by atoms with Gasteiger partial charge in [0.1, 0.15) is 6.10 Å². The van der Waals surface area contributed by atoms with Crippen LogP contribution in [0.2, 0.25) is 0 Å². The number of hydrogen-bond acceptors (Lipinski definition) is 3. The first-order valence-electron chi connectivity index (χ1n) is 8.17. The Bertz CT molecular complexity index is 566. The van der Waals surface area contributed by atoms with Crippen LogP contribution in [-0.2, 0) is 14.9 Å². The maximum Gasteiger partial charge on any atom is 0.251 e. The van der Waals surface area contributed by atoms with Gasteiger partial charge in [-0.05, 0) is 42.4 Å². The molecule has 0 bridgehead atoms. The molecule has 1 saturated heterocycles. The van der Waals surface area contributed by atoms with Gasteiger partial charge in [0.15, 0.2) is 0 Å². The van der Waals surface area contributed by atoms with E-state index in [0.717, 1.165) is 12.8 Å². The molecule has 2 amide bonds. The van der Waals surface area contributed by atoms with Gasteiger partial charge in [-0.1, -0.05) is 32.9 Å². The van der Waals surface area contributed by atoms with E-state index in [-0.39, 0.29) is 17.4 Å². The molecular weight excluding hydrogens is 292 g/mol. The molecule has 1 aliphatic rings. The van der Waals surface area contributed by atoms with Crippen LogP contribution in [0.5, 0.6) is 0 Å². The summed E-state index contributed by atoms with van der Waals surface area (Å²) >= 11 is 0. The number of ether oxygens (including phenoxy) is 1. The summed E-state index contributed by atoms with van der Waals surface area (Å²) in [5.41, 5.74) is 7.18. The minimum Gasteiger partial charge on any atom is -0.367 e. The number of nitrogens with one attached hydrogen (secondary N) is 1. The molecule has 0 spiro atoms. The highest BCUT2D eigenvalue weighted by atomic mass is 16.5. The van der Waals surface area contributed by atoms with Crippen molar-refractivity contribution in [2.45, 2.75) is 57.7 Å². The van der Waals surface area contributed by atoms with Crippen LogP contribution in [0.1, 0.15) is 56.0 Å². The molecule has 0 radical (unpaired) electrons. The van der Waals surface area contributed by atoms with Crippen molar-refractivity contribution >= 4 is 11.8 Å². The quantitative estimate of drug-likeness (QED) is 0.843. The Kier molecular flexibility index (Phi) is 5.42. The molecule has 1 heterocycles. The zero-order valence-corrected chi connectivity index (χ0v) is 14.1. The molecule has 3 N–H and O–H groups in total. The van der Waals surface area contributed by atoms with Crippen molar-refractivity contribution in [1.29, 1.82) is 0 Å². The van der Waals surface area contributed by atoms with Crippen molar-refractivity contribution in [2.24, 2.45) is 5.73 Å². The molecular formula is C18H26N2O3. The number of rotatable bonds is 6. The first-order chi connectivity index (χ1) is 10.8. The Morgan fingerprint density at radius 1 is 1.26 bits per heavy atom. The number of hydrogen-bond donors (Lipinski definition) is 2. The first-order valence-corrected chi connectivity index (χ1v) is 8.17. The Balaban J connectivity index is 1.88. The van der Waals surface area contributed by atoms with E-state index in [9.17, 15) is 9.59 Å². The second-order valence-corrected chi connectivity index (χ2v) is 6.75. The number of carbonyl (C=O) groups excluding carboxylic acids is 2. The zero-order valence-electron chi connectivity index (χ0n) is 14.1. The van der Waals surface area contributed by atoms with Crippen LogP contribution >= 0.6 is 0 Å². The molecule has 1 aliphatic heterocycles. The predicted molar refractivity (Wildman–Crippen MR) is 89.2 cm³/mol. The van der Waals surface area contributed by atoms with Crippen LogP contribution in [0.15, 0.2) is 24.3 Å². The van der Waals surface area contributed by atoms with Crippen LogP contribution < -0.4 is 11.1 Å². The highest BCUT2D eigenvalue weighted by molar-refractivity contribution is 5.94. The summed E-state index contributed by atoms with van der Waals surface area (Å²) in [7, 11) is 0. The second kappa shape index (κ2) is 7.13. The van der Waals surface area contributed by atoms with Gasteiger partial charge in [0.25, 0.3) is 5.91 Å². The molecule has 1 fully saturated rings. The summed E-state index contributed by atoms with van der Waals surface area (Å²) in [5, 5.41) is 2.86. The third-order valence-corrected chi connectivity index (χ3v) is 4.73. The summed E-state index contributed by atoms with van der Waals surface area (Å²) in [4.78, 5) is 23.2. The maximum absolute atomic E-state index is 12.2. The molecule has 2 atom stereocenters. The number of benzene rings is 1. The molecule has 1 aromatic carbocycles. The predicted octanol–water partition coefficient (Wildman–Crippen LogP) is 2.14. The van der Waals surface area contributed by atoms with Gasteiger partial charge in [0.05, 0.1) is 6.10 Å². The lowest BCUT2D eigenvalue weighted by Gasteiger charge is -2.23. The average Bonchev–Trinajstić information content (AvgIpc) is 3.02. The molecule has 0 aromatic heterocycles. The summed E-state index contributed by atoms with van der Waals surface area (Å²) in [5.74, 6) is -0.565. The van der Waals surface area contributed by atoms with Crippen molar-refractivity contribution in [2.75, 3.05) is 6.54 Å². The van der Waals surface area contributed by atoms with E-state index < -0.39 is 12.0 Å². The maximum atomic E-state index is 12.2. The summed E-state index contributed by atoms with van der Waals surface area (Å²) in [6.07, 6.45) is 1.73. The largest absolute Gasteiger partial charge is 0.367 e. The highest BCUT2D eigenvalue weighted by Gasteiger charge is 2.29. The van der Waals surface area contributed by atoms with Gasteiger partial charge in [-0.3, -0.25) is 9.59 Å². The molecule has 0 aliphatic carbocycles. The topological polar surface area (TPSA) is 81.4 Å². The minimum atomic E-state index is -0.521. The fourth-order valence-corrected chi connectivity index (χ4v) is 2.65. The van der Waals surface area contributed by atoms with Crippen LogP contribution in [0.4, 0.5) is 0 Å². The molecule has 5 heteroatoms. The van der Waals surface area contributed by atoms with Gasteiger partial charge < -0.3 is 15.8 Å². The Morgan fingerprint density at radius 3 is 2.43 bits per heavy atom. The van der Waals surface area contributed by atoms with Crippen LogP contribution in [0.3, 0.4) is 0 Å². The van der Waals surface area contributed by atoms with Gasteiger partial charge >= 0.3 is 0 Å². The minimum absolute atomic E-state index is 0.108. The van der Waals surface area contributed by atoms with E-state index in [1.54, 1.807) is 0 Å². The van der Waals surface area contributed by atoms with Crippen molar-refractivity contribution in [3.8, 4) is 0 Å². The van der Waals surface area contributed by atoms with Gasteiger partial charge in [-0.25, -0.2) is 0 Å². The van der Waals surface area contributed by atoms with Crippen molar-refractivity contribution in [1.82, 2.24) is 5.32 Å². The van der Waals surface area contributed by atoms with Crippen molar-refractivity contribution < 1.29 is 14.3 Å². The Labute approximate surface area is 137 Å². The summed E-state index contributed by atoms with van der Waals surface area (Å²) in [6.45, 7) is 6.93. The van der Waals surface area contributed by atoms with Crippen LogP contribution in [-0.4, -0.2) is 30.6 Å². The van der Waals surface area contributed by atoms with E-state index in [2.05, 4.69) is 26.1 Å². The number of nitrogens with two attached hydrogens (primary N) is 1. The van der Waals surface area contributed by atoms with Gasteiger partial charge in [-0.2, -0.15) is 0 Å². The normalized spacial score (nSPS) is 21.2. The Morgan fingerprint density at radius 2 is 1.91 bits per heavy atom. The third-order valence-electron chi connectivity index (χ3n) is 4.73. The first kappa shape index (κ1) is 17.5. The van der Waals surface area contributed by atoms with Gasteiger partial charge in [0, 0.05) is 12.1 Å². The number of primary amides is 1. The summed E-state index contributed by atoms with van der Waals surface area (Å²) < 4.78 is 5.50. The monoisotopic (exact) mass is 318 g/mol. The SMILES string of the molecule is CCC(C)(C)c1ccc(C(=O)NC[C@@H]2CC[C@H](C(N)=O)O2)cc1. The van der Waals surface area contributed by atoms with Crippen LogP contribution in [0, 0.1) is 0 Å². The smallest absolute Gasteiger partial charge is 0.251 e. The zero-order chi connectivity index (χ0) is 17.0. The lowest BCUT2D eigenvalue weighted by atomic mass is 9.82. The van der Waals surface area contributed by atoms with E-state index in [1.807, 2.05) is 24.3 Å². The van der Waals surface area contributed by atoms with Crippen molar-refractivity contribution in [3.63, 3.8) is 0 Å². The third kappa shape index (κ3) is 4.32. The highest BCUT2D eigenvalue weighted by Crippen LogP contribution is 2.26. The fraction of sp³-hybridized carbons (Fsp3) is 0.556. The molecule has 1 aromatic rings. The van der Waals surface area contributed by atoms with Crippen molar-refractivity contribution in [3.05, 3.63) is 35.4 Å². The Hall–Kier alpha value is -1.88. The van der Waals surface area contributed by atoms with Gasteiger partial charge in [-0.15, -0.1) is 0 Å². The van der Waals surface area contributed by atoms with E-state index in [0.29, 0.717) is 18.5 Å². The van der Waals surface area contributed by atoms with Crippen LogP contribution in [0.25, 0.3) is 0 Å². The molecule has 0 unspecified atom stereocenters. The average molecular weight is 318 g/mol.